The van der Waals surface area contributed by atoms with Gasteiger partial charge in [-0.15, -0.1) is 6.58 Å². The summed E-state index contributed by atoms with van der Waals surface area (Å²) < 4.78 is 0. The summed E-state index contributed by atoms with van der Waals surface area (Å²) in [5, 5.41) is 5.90. The monoisotopic (exact) mass is 282 g/mol. The minimum atomic E-state index is -0.249. The zero-order valence-electron chi connectivity index (χ0n) is 12.2. The van der Waals surface area contributed by atoms with Crippen LogP contribution in [-0.4, -0.2) is 22.4 Å². The van der Waals surface area contributed by atoms with Crippen molar-refractivity contribution in [2.45, 2.75) is 13.8 Å². The van der Waals surface area contributed by atoms with Crippen molar-refractivity contribution < 1.29 is 4.79 Å². The van der Waals surface area contributed by atoms with Crippen LogP contribution in [0, 0.1) is 13.8 Å². The lowest BCUT2D eigenvalue weighted by Crippen LogP contribution is -2.24. The maximum absolute atomic E-state index is 11.9. The van der Waals surface area contributed by atoms with Gasteiger partial charge in [0.15, 0.2) is 0 Å². The van der Waals surface area contributed by atoms with Crippen LogP contribution in [0.15, 0.2) is 43.2 Å². The number of carbonyl (C=O) groups is 1. The van der Waals surface area contributed by atoms with Crippen LogP contribution >= 0.6 is 0 Å². The molecule has 5 heteroatoms. The number of nitrogens with one attached hydrogen (secondary N) is 2. The van der Waals surface area contributed by atoms with Gasteiger partial charge in [-0.2, -0.15) is 0 Å². The molecular weight excluding hydrogens is 264 g/mol. The average Bonchev–Trinajstić information content (AvgIpc) is 2.50. The number of amides is 1. The fraction of sp³-hybridized carbons (Fsp3) is 0.188. The van der Waals surface area contributed by atoms with Gasteiger partial charge in [0.2, 0.25) is 0 Å². The molecule has 1 heterocycles. The fourth-order valence-electron chi connectivity index (χ4n) is 1.83. The van der Waals surface area contributed by atoms with E-state index in [2.05, 4.69) is 40.2 Å². The molecule has 0 aliphatic heterocycles. The number of hydrogen-bond acceptors (Lipinski definition) is 4. The van der Waals surface area contributed by atoms with E-state index in [1.54, 1.807) is 12.1 Å². The number of carbonyl (C=O) groups excluding carboxylic acids is 1. The predicted molar refractivity (Wildman–Crippen MR) is 83.8 cm³/mol. The molecule has 0 saturated carbocycles. The van der Waals surface area contributed by atoms with Gasteiger partial charge >= 0.3 is 0 Å². The van der Waals surface area contributed by atoms with E-state index < -0.39 is 0 Å². The van der Waals surface area contributed by atoms with Crippen LogP contribution < -0.4 is 10.6 Å². The lowest BCUT2D eigenvalue weighted by molar-refractivity contribution is 0.0953. The van der Waals surface area contributed by atoms with Crippen molar-refractivity contribution in [3.8, 4) is 0 Å². The first-order chi connectivity index (χ1) is 10.1. The molecule has 1 amide bonds. The Morgan fingerprint density at radius 3 is 2.90 bits per heavy atom. The Labute approximate surface area is 124 Å². The van der Waals surface area contributed by atoms with Gasteiger partial charge in [-0.1, -0.05) is 18.2 Å². The molecule has 5 nitrogen and oxygen atoms in total. The molecule has 2 rings (SSSR count). The second-order valence-electron chi connectivity index (χ2n) is 4.66. The molecule has 0 aliphatic carbocycles. The highest BCUT2D eigenvalue weighted by Gasteiger charge is 2.08. The van der Waals surface area contributed by atoms with Crippen molar-refractivity contribution in [2.75, 3.05) is 11.9 Å². The van der Waals surface area contributed by atoms with Crippen molar-refractivity contribution in [2.24, 2.45) is 0 Å². The molecule has 0 radical (unpaired) electrons. The highest BCUT2D eigenvalue weighted by atomic mass is 16.1. The number of nitrogens with zero attached hydrogens (tertiary/aromatic N) is 2. The van der Waals surface area contributed by atoms with Crippen molar-refractivity contribution in [3.05, 3.63) is 60.1 Å². The van der Waals surface area contributed by atoms with E-state index in [9.17, 15) is 4.79 Å². The van der Waals surface area contributed by atoms with Gasteiger partial charge in [0.1, 0.15) is 17.8 Å². The Balaban J connectivity index is 2.19. The van der Waals surface area contributed by atoms with Crippen molar-refractivity contribution in [1.82, 2.24) is 15.3 Å². The Morgan fingerprint density at radius 2 is 2.14 bits per heavy atom. The second kappa shape index (κ2) is 6.65. The molecule has 108 valence electrons. The van der Waals surface area contributed by atoms with Crippen LogP contribution in [0.4, 0.5) is 11.5 Å². The van der Waals surface area contributed by atoms with Gasteiger partial charge in [-0.05, 0) is 31.0 Å². The predicted octanol–water partition coefficient (Wildman–Crippen LogP) is 2.75. The summed E-state index contributed by atoms with van der Waals surface area (Å²) in [6.45, 7) is 8.05. The quantitative estimate of drug-likeness (QED) is 0.827. The summed E-state index contributed by atoms with van der Waals surface area (Å²) in [4.78, 5) is 20.0. The largest absolute Gasteiger partial charge is 0.347 e. The third-order valence-electron chi connectivity index (χ3n) is 3.17. The van der Waals surface area contributed by atoms with E-state index >= 15 is 0 Å². The molecule has 0 atom stereocenters. The van der Waals surface area contributed by atoms with Gasteiger partial charge in [-0.25, -0.2) is 9.97 Å². The molecule has 2 aromatic rings. The third-order valence-corrected chi connectivity index (χ3v) is 3.17. The highest BCUT2D eigenvalue weighted by molar-refractivity contribution is 5.93. The molecule has 0 fully saturated rings. The summed E-state index contributed by atoms with van der Waals surface area (Å²) in [5.41, 5.74) is 3.62. The Hall–Kier alpha value is -2.69. The highest BCUT2D eigenvalue weighted by Crippen LogP contribution is 2.21. The van der Waals surface area contributed by atoms with Crippen LogP contribution in [0.25, 0.3) is 0 Å². The maximum atomic E-state index is 11.9. The molecule has 0 bridgehead atoms. The number of aryl methyl sites for hydroxylation is 1. The number of aromatic nitrogens is 2. The zero-order chi connectivity index (χ0) is 15.2. The number of hydrogen-bond donors (Lipinski definition) is 2. The molecule has 0 saturated heterocycles. The van der Waals surface area contributed by atoms with Gasteiger partial charge in [0.05, 0.1) is 0 Å². The summed E-state index contributed by atoms with van der Waals surface area (Å²) in [6.07, 6.45) is 2.99. The molecule has 0 aliphatic rings. The third kappa shape index (κ3) is 3.66. The van der Waals surface area contributed by atoms with Crippen molar-refractivity contribution >= 4 is 17.4 Å². The Bertz CT molecular complexity index is 667. The average molecular weight is 282 g/mol. The van der Waals surface area contributed by atoms with E-state index in [4.69, 9.17) is 0 Å². The lowest BCUT2D eigenvalue weighted by Gasteiger charge is -2.11. The van der Waals surface area contributed by atoms with E-state index in [0.29, 0.717) is 18.1 Å². The number of rotatable bonds is 5. The Kier molecular flexibility index (Phi) is 4.66. The molecule has 1 aromatic carbocycles. The minimum Gasteiger partial charge on any atom is -0.347 e. The summed E-state index contributed by atoms with van der Waals surface area (Å²) in [6, 6.07) is 7.63. The topological polar surface area (TPSA) is 66.9 Å². The van der Waals surface area contributed by atoms with Crippen molar-refractivity contribution in [1.29, 1.82) is 0 Å². The SMILES string of the molecule is C=CCNC(=O)c1cc(Nc2cccc(C)c2C)ncn1. The van der Waals surface area contributed by atoms with E-state index in [-0.39, 0.29) is 5.91 Å². The molecular formula is C16H18N4O. The van der Waals surface area contributed by atoms with Crippen molar-refractivity contribution in [3.63, 3.8) is 0 Å². The van der Waals surface area contributed by atoms with Gasteiger partial charge in [0.25, 0.3) is 5.91 Å². The van der Waals surface area contributed by atoms with Crippen LogP contribution in [0.3, 0.4) is 0 Å². The molecule has 0 unspecified atom stereocenters. The molecule has 2 N–H and O–H groups in total. The lowest BCUT2D eigenvalue weighted by atomic mass is 10.1. The van der Waals surface area contributed by atoms with Gasteiger partial charge in [-0.3, -0.25) is 4.79 Å². The molecule has 1 aromatic heterocycles. The summed E-state index contributed by atoms with van der Waals surface area (Å²) in [5.74, 6) is 0.337. The first kappa shape index (κ1) is 14.7. The molecule has 0 spiro atoms. The Morgan fingerprint density at radius 1 is 1.33 bits per heavy atom. The summed E-state index contributed by atoms with van der Waals surface area (Å²) >= 11 is 0. The second-order valence-corrected chi connectivity index (χ2v) is 4.66. The zero-order valence-corrected chi connectivity index (χ0v) is 12.2. The van der Waals surface area contributed by atoms with Gasteiger partial charge in [0, 0.05) is 18.3 Å². The van der Waals surface area contributed by atoms with Crippen LogP contribution in [0.1, 0.15) is 21.6 Å². The van der Waals surface area contributed by atoms with Crippen LogP contribution in [0.2, 0.25) is 0 Å². The minimum absolute atomic E-state index is 0.249. The van der Waals surface area contributed by atoms with E-state index in [1.807, 2.05) is 19.1 Å². The smallest absolute Gasteiger partial charge is 0.270 e. The molecule has 21 heavy (non-hydrogen) atoms. The van der Waals surface area contributed by atoms with Crippen LogP contribution in [-0.2, 0) is 0 Å². The van der Waals surface area contributed by atoms with E-state index in [1.165, 1.54) is 11.9 Å². The first-order valence-electron chi connectivity index (χ1n) is 6.66. The van der Waals surface area contributed by atoms with Gasteiger partial charge < -0.3 is 10.6 Å². The van der Waals surface area contributed by atoms with E-state index in [0.717, 1.165) is 11.3 Å². The van der Waals surface area contributed by atoms with Crippen LogP contribution in [0.5, 0.6) is 0 Å². The standard InChI is InChI=1S/C16H18N4O/c1-4-8-17-16(21)14-9-15(19-10-18-14)20-13-7-5-6-11(2)12(13)3/h4-7,9-10H,1,8H2,2-3H3,(H,17,21)(H,18,19,20). The first-order valence-corrected chi connectivity index (χ1v) is 6.66. The summed E-state index contributed by atoms with van der Waals surface area (Å²) in [7, 11) is 0. The maximum Gasteiger partial charge on any atom is 0.270 e. The normalized spacial score (nSPS) is 10.0. The fourth-order valence-corrected chi connectivity index (χ4v) is 1.83. The number of benzene rings is 1. The number of anilines is 2.